The van der Waals surface area contributed by atoms with Crippen LogP contribution in [0, 0.1) is 6.92 Å². The van der Waals surface area contributed by atoms with Gasteiger partial charge in [0.2, 0.25) is 0 Å². The highest BCUT2D eigenvalue weighted by molar-refractivity contribution is 6.22. The van der Waals surface area contributed by atoms with E-state index in [2.05, 4.69) is 10.6 Å². The number of nitrogens with zero attached hydrogens (tertiary/aromatic N) is 1. The summed E-state index contributed by atoms with van der Waals surface area (Å²) in [7, 11) is 0. The third-order valence-electron chi connectivity index (χ3n) is 4.89. The van der Waals surface area contributed by atoms with Gasteiger partial charge in [-0.3, -0.25) is 24.1 Å². The monoisotopic (exact) mass is 437 g/mol. The number of carbonyl (C=O) groups excluding carboxylic acids is 5. The maximum absolute atomic E-state index is 12.6. The number of hydrogen-bond acceptors (Lipinski definition) is 6. The normalized spacial score (nSPS) is 13.4. The highest BCUT2D eigenvalue weighted by atomic mass is 16.5. The minimum absolute atomic E-state index is 0.227. The first-order chi connectivity index (χ1) is 15.2. The maximum atomic E-state index is 12.6. The van der Waals surface area contributed by atoms with Crippen molar-refractivity contribution in [2.24, 2.45) is 0 Å². The predicted molar refractivity (Wildman–Crippen MR) is 115 cm³/mol. The molecule has 0 spiro atoms. The van der Waals surface area contributed by atoms with Crippen molar-refractivity contribution >= 4 is 35.3 Å². The summed E-state index contributed by atoms with van der Waals surface area (Å²) in [6.07, 6.45) is 0. The quantitative estimate of drug-likeness (QED) is 0.504. The molecule has 0 aromatic heterocycles. The van der Waals surface area contributed by atoms with Crippen LogP contribution in [0.1, 0.15) is 50.5 Å². The molecule has 0 aliphatic carbocycles. The molecule has 0 fully saturated rings. The van der Waals surface area contributed by atoms with Gasteiger partial charge in [0, 0.05) is 17.8 Å². The molecule has 2 aromatic rings. The number of aryl methyl sites for hydroxylation is 1. The highest BCUT2D eigenvalue weighted by Crippen LogP contribution is 2.26. The number of nitrogens with one attached hydrogen (secondary N) is 2. The Morgan fingerprint density at radius 2 is 1.75 bits per heavy atom. The summed E-state index contributed by atoms with van der Waals surface area (Å²) in [6.45, 7) is 4.81. The van der Waals surface area contributed by atoms with Crippen molar-refractivity contribution in [3.8, 4) is 0 Å². The van der Waals surface area contributed by atoms with Gasteiger partial charge in [-0.1, -0.05) is 17.7 Å². The first-order valence-corrected chi connectivity index (χ1v) is 10.1. The fourth-order valence-corrected chi connectivity index (χ4v) is 3.29. The standard InChI is InChI=1S/C23H23N3O6/c1-4-24-20(28)15-6-5-7-16(11-15)25-19(27)12-32-23(31)14(3)26-21(29)17-9-8-13(2)10-18(17)22(26)30/h5-11,14H,4,12H2,1-3H3,(H,24,28)(H,25,27). The number of anilines is 1. The molecule has 0 radical (unpaired) electrons. The molecule has 9 heteroatoms. The van der Waals surface area contributed by atoms with Crippen LogP contribution in [0.25, 0.3) is 0 Å². The lowest BCUT2D eigenvalue weighted by Crippen LogP contribution is -2.44. The largest absolute Gasteiger partial charge is 0.454 e. The predicted octanol–water partition coefficient (Wildman–Crippen LogP) is 1.91. The second-order valence-electron chi connectivity index (χ2n) is 7.30. The molecule has 2 N–H and O–H groups in total. The molecule has 9 nitrogen and oxygen atoms in total. The third kappa shape index (κ3) is 4.66. The van der Waals surface area contributed by atoms with E-state index < -0.39 is 36.3 Å². The van der Waals surface area contributed by atoms with Crippen LogP contribution in [-0.4, -0.2) is 53.7 Å². The maximum Gasteiger partial charge on any atom is 0.329 e. The molecular formula is C23H23N3O6. The Kier molecular flexibility index (Phi) is 6.67. The first-order valence-electron chi connectivity index (χ1n) is 10.1. The lowest BCUT2D eigenvalue weighted by atomic mass is 10.1. The highest BCUT2D eigenvalue weighted by Gasteiger charge is 2.41. The fraction of sp³-hybridized carbons (Fsp3) is 0.261. The van der Waals surface area contributed by atoms with Crippen LogP contribution in [0.2, 0.25) is 0 Å². The number of esters is 1. The van der Waals surface area contributed by atoms with E-state index in [1.807, 2.05) is 0 Å². The number of imide groups is 1. The van der Waals surface area contributed by atoms with Gasteiger partial charge >= 0.3 is 5.97 Å². The fourth-order valence-electron chi connectivity index (χ4n) is 3.29. The van der Waals surface area contributed by atoms with Gasteiger partial charge in [0.15, 0.2) is 6.61 Å². The molecule has 4 amide bonds. The second kappa shape index (κ2) is 9.42. The lowest BCUT2D eigenvalue weighted by molar-refractivity contribution is -0.150. The van der Waals surface area contributed by atoms with Crippen molar-refractivity contribution in [1.29, 1.82) is 0 Å². The second-order valence-corrected chi connectivity index (χ2v) is 7.30. The Balaban J connectivity index is 1.58. The zero-order chi connectivity index (χ0) is 23.4. The van der Waals surface area contributed by atoms with Crippen molar-refractivity contribution in [3.63, 3.8) is 0 Å². The summed E-state index contributed by atoms with van der Waals surface area (Å²) < 4.78 is 5.01. The number of amides is 4. The molecule has 3 rings (SSSR count). The average molecular weight is 437 g/mol. The molecule has 1 heterocycles. The van der Waals surface area contributed by atoms with Gasteiger partial charge in [0.05, 0.1) is 11.1 Å². The van der Waals surface area contributed by atoms with Crippen LogP contribution >= 0.6 is 0 Å². The van der Waals surface area contributed by atoms with Gasteiger partial charge in [-0.2, -0.15) is 0 Å². The van der Waals surface area contributed by atoms with E-state index in [1.54, 1.807) is 50.2 Å². The number of ether oxygens (including phenoxy) is 1. The average Bonchev–Trinajstić information content (AvgIpc) is 3.01. The number of benzene rings is 2. The number of hydrogen-bond donors (Lipinski definition) is 2. The molecule has 0 bridgehead atoms. The minimum atomic E-state index is -1.20. The summed E-state index contributed by atoms with van der Waals surface area (Å²) in [6, 6.07) is 9.95. The molecule has 0 saturated carbocycles. The van der Waals surface area contributed by atoms with Crippen LogP contribution in [0.15, 0.2) is 42.5 Å². The summed E-state index contributed by atoms with van der Waals surface area (Å²) in [4.78, 5) is 62.5. The Hall–Kier alpha value is -4.01. The molecule has 1 unspecified atom stereocenters. The lowest BCUT2D eigenvalue weighted by Gasteiger charge is -2.20. The SMILES string of the molecule is CCNC(=O)c1cccc(NC(=O)COC(=O)C(C)N2C(=O)c3ccc(C)cc3C2=O)c1. The molecule has 1 atom stereocenters. The van der Waals surface area contributed by atoms with E-state index >= 15 is 0 Å². The van der Waals surface area contributed by atoms with E-state index in [9.17, 15) is 24.0 Å². The number of rotatable bonds is 7. The van der Waals surface area contributed by atoms with E-state index in [-0.39, 0.29) is 17.0 Å². The first kappa shape index (κ1) is 22.7. The molecule has 1 aliphatic rings. The van der Waals surface area contributed by atoms with Crippen molar-refractivity contribution in [2.45, 2.75) is 26.8 Å². The molecule has 0 saturated heterocycles. The zero-order valence-corrected chi connectivity index (χ0v) is 17.9. The Morgan fingerprint density at radius 1 is 1.03 bits per heavy atom. The Labute approximate surface area is 184 Å². The van der Waals surface area contributed by atoms with Crippen LogP contribution in [0.3, 0.4) is 0 Å². The van der Waals surface area contributed by atoms with E-state index in [0.29, 0.717) is 17.8 Å². The summed E-state index contributed by atoms with van der Waals surface area (Å²) in [5.74, 6) is -2.95. The summed E-state index contributed by atoms with van der Waals surface area (Å²) in [5, 5.41) is 5.20. The van der Waals surface area contributed by atoms with Gasteiger partial charge in [-0.25, -0.2) is 4.79 Å². The van der Waals surface area contributed by atoms with Gasteiger partial charge in [-0.05, 0) is 51.1 Å². The van der Waals surface area contributed by atoms with E-state index in [1.165, 1.54) is 13.0 Å². The molecule has 2 aromatic carbocycles. The zero-order valence-electron chi connectivity index (χ0n) is 17.9. The van der Waals surface area contributed by atoms with Crippen molar-refractivity contribution < 1.29 is 28.7 Å². The molecular weight excluding hydrogens is 414 g/mol. The van der Waals surface area contributed by atoms with Gasteiger partial charge in [0.25, 0.3) is 23.6 Å². The smallest absolute Gasteiger partial charge is 0.329 e. The van der Waals surface area contributed by atoms with Gasteiger partial charge in [0.1, 0.15) is 6.04 Å². The summed E-state index contributed by atoms with van der Waals surface area (Å²) >= 11 is 0. The van der Waals surface area contributed by atoms with Crippen LogP contribution < -0.4 is 10.6 Å². The van der Waals surface area contributed by atoms with Gasteiger partial charge < -0.3 is 15.4 Å². The van der Waals surface area contributed by atoms with E-state index in [4.69, 9.17) is 4.74 Å². The van der Waals surface area contributed by atoms with Crippen molar-refractivity contribution in [1.82, 2.24) is 10.2 Å². The topological polar surface area (TPSA) is 122 Å². The third-order valence-corrected chi connectivity index (χ3v) is 4.89. The van der Waals surface area contributed by atoms with Gasteiger partial charge in [-0.15, -0.1) is 0 Å². The summed E-state index contributed by atoms with van der Waals surface area (Å²) in [5.41, 5.74) is 2.01. The van der Waals surface area contributed by atoms with Crippen molar-refractivity contribution in [2.75, 3.05) is 18.5 Å². The minimum Gasteiger partial charge on any atom is -0.454 e. The number of carbonyl (C=O) groups is 5. The van der Waals surface area contributed by atoms with Crippen molar-refractivity contribution in [3.05, 3.63) is 64.7 Å². The molecule has 1 aliphatic heterocycles. The molecule has 32 heavy (non-hydrogen) atoms. The number of fused-ring (bicyclic) bond motifs is 1. The molecule has 166 valence electrons. The van der Waals surface area contributed by atoms with Crippen LogP contribution in [0.4, 0.5) is 5.69 Å². The van der Waals surface area contributed by atoms with Crippen LogP contribution in [0.5, 0.6) is 0 Å². The Bertz CT molecular complexity index is 1110. The van der Waals surface area contributed by atoms with Crippen LogP contribution in [-0.2, 0) is 14.3 Å². The Morgan fingerprint density at radius 3 is 2.47 bits per heavy atom. The van der Waals surface area contributed by atoms with E-state index in [0.717, 1.165) is 10.5 Å².